The van der Waals surface area contributed by atoms with Crippen LogP contribution in [0, 0.1) is 12.8 Å². The Morgan fingerprint density at radius 1 is 1.23 bits per heavy atom. The summed E-state index contributed by atoms with van der Waals surface area (Å²) in [4.78, 5) is 13.0. The summed E-state index contributed by atoms with van der Waals surface area (Å²) in [6, 6.07) is 11.8. The summed E-state index contributed by atoms with van der Waals surface area (Å²) < 4.78 is 33.1. The second-order valence-corrected chi connectivity index (χ2v) is 9.58. The maximum Gasteiger partial charge on any atom is 0.255 e. The number of hydrogen-bond acceptors (Lipinski definition) is 4. The van der Waals surface area contributed by atoms with Crippen molar-refractivity contribution in [1.29, 1.82) is 0 Å². The van der Waals surface area contributed by atoms with Gasteiger partial charge in [-0.2, -0.15) is 4.31 Å². The molecule has 0 aliphatic carbocycles. The molecule has 0 aromatic heterocycles. The van der Waals surface area contributed by atoms with Gasteiger partial charge < -0.3 is 10.1 Å². The highest BCUT2D eigenvalue weighted by molar-refractivity contribution is 7.89. The Hall–Kier alpha value is -2.64. The summed E-state index contributed by atoms with van der Waals surface area (Å²) in [5.41, 5.74) is 1.61. The Kier molecular flexibility index (Phi) is 6.95. The molecular weight excluding hydrogens is 400 g/mol. The van der Waals surface area contributed by atoms with Gasteiger partial charge in [0.2, 0.25) is 10.0 Å². The highest BCUT2D eigenvalue weighted by atomic mass is 32.2. The van der Waals surface area contributed by atoms with Crippen LogP contribution in [0.3, 0.4) is 0 Å². The van der Waals surface area contributed by atoms with Gasteiger partial charge in [0, 0.05) is 30.4 Å². The van der Waals surface area contributed by atoms with Gasteiger partial charge in [-0.05, 0) is 55.5 Å². The Bertz CT molecular complexity index is 1030. The zero-order valence-electron chi connectivity index (χ0n) is 17.4. The van der Waals surface area contributed by atoms with Crippen molar-refractivity contribution in [3.63, 3.8) is 0 Å². The molecule has 1 fully saturated rings. The molecule has 0 saturated carbocycles. The monoisotopic (exact) mass is 428 g/mol. The molecule has 1 aliphatic rings. The third-order valence-corrected chi connectivity index (χ3v) is 7.19. The van der Waals surface area contributed by atoms with Crippen molar-refractivity contribution >= 4 is 21.6 Å². The summed E-state index contributed by atoms with van der Waals surface area (Å²) in [6.45, 7) is 8.93. The molecule has 2 aromatic rings. The summed E-state index contributed by atoms with van der Waals surface area (Å²) in [6.07, 6.45) is 3.34. The van der Waals surface area contributed by atoms with Gasteiger partial charge in [-0.1, -0.05) is 31.7 Å². The molecule has 1 N–H and O–H groups in total. The smallest absolute Gasteiger partial charge is 0.255 e. The fourth-order valence-electron chi connectivity index (χ4n) is 3.40. The number of anilines is 1. The number of benzene rings is 2. The van der Waals surface area contributed by atoms with Crippen LogP contribution in [0.1, 0.15) is 35.7 Å². The van der Waals surface area contributed by atoms with E-state index in [0.29, 0.717) is 48.2 Å². The van der Waals surface area contributed by atoms with E-state index in [2.05, 4.69) is 18.8 Å². The number of nitrogens with one attached hydrogen (secondary N) is 1. The number of hydrogen-bond donors (Lipinski definition) is 1. The fraction of sp³-hybridized carbons (Fsp3) is 0.348. The van der Waals surface area contributed by atoms with Gasteiger partial charge in [-0.15, -0.1) is 0 Å². The summed E-state index contributed by atoms with van der Waals surface area (Å²) >= 11 is 0. The van der Waals surface area contributed by atoms with E-state index in [1.54, 1.807) is 49.4 Å². The van der Waals surface area contributed by atoms with Crippen LogP contribution in [0.15, 0.2) is 60.0 Å². The largest absolute Gasteiger partial charge is 0.489 e. The van der Waals surface area contributed by atoms with Crippen molar-refractivity contribution in [3.05, 3.63) is 66.2 Å². The SMILES string of the molecule is C=CCOc1cccc(NC(=O)c2cc(S(=O)(=O)N3CCC(C)CC3)ccc2C)c1. The standard InChI is InChI=1S/C23H28N2O4S/c1-4-14-29-20-7-5-6-19(15-20)24-23(26)22-16-21(9-8-18(22)3)30(27,28)25-12-10-17(2)11-13-25/h4-9,15-17H,1,10-14H2,2-3H3,(H,24,26). The van der Waals surface area contributed by atoms with E-state index in [-0.39, 0.29) is 10.8 Å². The number of carbonyl (C=O) groups is 1. The molecule has 6 nitrogen and oxygen atoms in total. The number of rotatable bonds is 7. The molecule has 1 saturated heterocycles. The third-order valence-electron chi connectivity index (χ3n) is 5.29. The van der Waals surface area contributed by atoms with E-state index < -0.39 is 10.0 Å². The lowest BCUT2D eigenvalue weighted by Gasteiger charge is -2.29. The second-order valence-electron chi connectivity index (χ2n) is 7.64. The summed E-state index contributed by atoms with van der Waals surface area (Å²) in [5, 5.41) is 2.83. The summed E-state index contributed by atoms with van der Waals surface area (Å²) in [5.74, 6) is 0.778. The topological polar surface area (TPSA) is 75.7 Å². The lowest BCUT2D eigenvalue weighted by atomic mass is 10.0. The number of ether oxygens (including phenoxy) is 1. The van der Waals surface area contributed by atoms with Crippen LogP contribution in [0.25, 0.3) is 0 Å². The fourth-order valence-corrected chi connectivity index (χ4v) is 4.89. The first-order chi connectivity index (χ1) is 14.3. The van der Waals surface area contributed by atoms with Gasteiger partial charge in [-0.25, -0.2) is 8.42 Å². The molecule has 1 heterocycles. The van der Waals surface area contributed by atoms with Gasteiger partial charge >= 0.3 is 0 Å². The Morgan fingerprint density at radius 3 is 2.67 bits per heavy atom. The molecule has 2 aromatic carbocycles. The maximum absolute atomic E-state index is 13.1. The van der Waals surface area contributed by atoms with Crippen LogP contribution in [0.4, 0.5) is 5.69 Å². The lowest BCUT2D eigenvalue weighted by Crippen LogP contribution is -2.38. The third kappa shape index (κ3) is 5.09. The minimum absolute atomic E-state index is 0.149. The Morgan fingerprint density at radius 2 is 1.97 bits per heavy atom. The van der Waals surface area contributed by atoms with Gasteiger partial charge in [0.15, 0.2) is 0 Å². The molecular formula is C23H28N2O4S. The number of amides is 1. The molecule has 7 heteroatoms. The first-order valence-electron chi connectivity index (χ1n) is 10.1. The molecule has 0 radical (unpaired) electrons. The maximum atomic E-state index is 13.1. The molecule has 0 bridgehead atoms. The number of piperidine rings is 1. The average molecular weight is 429 g/mol. The highest BCUT2D eigenvalue weighted by Crippen LogP contribution is 2.26. The summed E-state index contributed by atoms with van der Waals surface area (Å²) in [7, 11) is -3.62. The Balaban J connectivity index is 1.81. The molecule has 1 amide bonds. The predicted octanol–water partition coefficient (Wildman–Crippen LogP) is 4.23. The van der Waals surface area contributed by atoms with Gasteiger partial charge in [0.25, 0.3) is 5.91 Å². The van der Waals surface area contributed by atoms with Crippen LogP contribution in [0.2, 0.25) is 0 Å². The van der Waals surface area contributed by atoms with E-state index in [4.69, 9.17) is 4.74 Å². The van der Waals surface area contributed by atoms with Crippen LogP contribution in [-0.4, -0.2) is 38.3 Å². The van der Waals surface area contributed by atoms with Crippen molar-refractivity contribution in [3.8, 4) is 5.75 Å². The van der Waals surface area contributed by atoms with E-state index >= 15 is 0 Å². The molecule has 3 rings (SSSR count). The zero-order valence-corrected chi connectivity index (χ0v) is 18.2. The first kappa shape index (κ1) is 22.1. The van der Waals surface area contributed by atoms with Gasteiger partial charge in [-0.3, -0.25) is 4.79 Å². The van der Waals surface area contributed by atoms with Crippen LogP contribution < -0.4 is 10.1 Å². The van der Waals surface area contributed by atoms with Crippen molar-refractivity contribution in [2.24, 2.45) is 5.92 Å². The second kappa shape index (κ2) is 9.45. The Labute approximate surface area is 178 Å². The van der Waals surface area contributed by atoms with Gasteiger partial charge in [0.1, 0.15) is 12.4 Å². The first-order valence-corrected chi connectivity index (χ1v) is 11.5. The number of aryl methyl sites for hydroxylation is 1. The molecule has 1 aliphatic heterocycles. The molecule has 0 spiro atoms. The minimum atomic E-state index is -3.62. The van der Waals surface area contributed by atoms with Crippen molar-refractivity contribution < 1.29 is 17.9 Å². The van der Waals surface area contributed by atoms with E-state index in [0.717, 1.165) is 12.8 Å². The van der Waals surface area contributed by atoms with Crippen LogP contribution >= 0.6 is 0 Å². The molecule has 30 heavy (non-hydrogen) atoms. The average Bonchev–Trinajstić information content (AvgIpc) is 2.73. The lowest BCUT2D eigenvalue weighted by molar-refractivity contribution is 0.102. The number of carbonyl (C=O) groups excluding carboxylic acids is 1. The normalized spacial score (nSPS) is 15.5. The molecule has 160 valence electrons. The quantitative estimate of drug-likeness (QED) is 0.670. The van der Waals surface area contributed by atoms with Crippen molar-refractivity contribution in [2.45, 2.75) is 31.6 Å². The van der Waals surface area contributed by atoms with E-state index in [1.165, 1.54) is 10.4 Å². The van der Waals surface area contributed by atoms with Crippen molar-refractivity contribution in [2.75, 3.05) is 25.0 Å². The van der Waals surface area contributed by atoms with Gasteiger partial charge in [0.05, 0.1) is 4.90 Å². The minimum Gasteiger partial charge on any atom is -0.489 e. The van der Waals surface area contributed by atoms with E-state index in [1.807, 2.05) is 0 Å². The van der Waals surface area contributed by atoms with Crippen LogP contribution in [0.5, 0.6) is 5.75 Å². The van der Waals surface area contributed by atoms with E-state index in [9.17, 15) is 13.2 Å². The van der Waals surface area contributed by atoms with Crippen molar-refractivity contribution in [1.82, 2.24) is 4.31 Å². The van der Waals surface area contributed by atoms with Crippen LogP contribution in [-0.2, 0) is 10.0 Å². The predicted molar refractivity (Wildman–Crippen MR) is 118 cm³/mol. The zero-order chi connectivity index (χ0) is 21.7. The number of sulfonamides is 1. The molecule has 0 atom stereocenters. The number of nitrogens with zero attached hydrogens (tertiary/aromatic N) is 1. The molecule has 0 unspecified atom stereocenters. The highest BCUT2D eigenvalue weighted by Gasteiger charge is 2.29.